The lowest BCUT2D eigenvalue weighted by molar-refractivity contribution is 0.358. The van der Waals surface area contributed by atoms with E-state index in [0.717, 1.165) is 25.2 Å². The van der Waals surface area contributed by atoms with Crippen molar-refractivity contribution in [1.82, 2.24) is 5.32 Å². The summed E-state index contributed by atoms with van der Waals surface area (Å²) in [5.74, 6) is 1.42. The van der Waals surface area contributed by atoms with Crippen molar-refractivity contribution in [3.05, 3.63) is 0 Å². The quantitative estimate of drug-likeness (QED) is 0.780. The Labute approximate surface area is 99.9 Å². The minimum absolute atomic E-state index is 0.194. The second-order valence-electron chi connectivity index (χ2n) is 5.12. The lowest BCUT2D eigenvalue weighted by Crippen LogP contribution is -2.39. The van der Waals surface area contributed by atoms with Crippen LogP contribution in [0.5, 0.6) is 0 Å². The van der Waals surface area contributed by atoms with Gasteiger partial charge in [-0.15, -0.1) is 0 Å². The van der Waals surface area contributed by atoms with Crippen LogP contribution >= 0.6 is 0 Å². The van der Waals surface area contributed by atoms with Gasteiger partial charge >= 0.3 is 0 Å². The lowest BCUT2D eigenvalue weighted by atomic mass is 9.97. The molecule has 16 heavy (non-hydrogen) atoms. The highest BCUT2D eigenvalue weighted by Gasteiger charge is 2.29. The lowest BCUT2D eigenvalue weighted by Gasteiger charge is -2.23. The highest BCUT2D eigenvalue weighted by Crippen LogP contribution is 2.16. The summed E-state index contributed by atoms with van der Waals surface area (Å²) >= 11 is 0. The van der Waals surface area contributed by atoms with Crippen molar-refractivity contribution in [2.75, 3.05) is 11.5 Å². The summed E-state index contributed by atoms with van der Waals surface area (Å²) in [6, 6.07) is 0.673. The van der Waals surface area contributed by atoms with Gasteiger partial charge in [0.05, 0.1) is 11.5 Å². The van der Waals surface area contributed by atoms with Crippen LogP contribution in [0.15, 0.2) is 0 Å². The van der Waals surface area contributed by atoms with Gasteiger partial charge in [-0.3, -0.25) is 0 Å². The van der Waals surface area contributed by atoms with E-state index in [1.807, 2.05) is 0 Å². The molecule has 0 aromatic heterocycles. The third kappa shape index (κ3) is 4.42. The molecule has 0 saturated carbocycles. The molecule has 96 valence electrons. The van der Waals surface area contributed by atoms with Crippen LogP contribution in [0.2, 0.25) is 0 Å². The molecule has 0 bridgehead atoms. The van der Waals surface area contributed by atoms with Crippen molar-refractivity contribution in [3.8, 4) is 0 Å². The molecule has 0 radical (unpaired) electrons. The van der Waals surface area contributed by atoms with E-state index < -0.39 is 9.84 Å². The first-order chi connectivity index (χ1) is 7.46. The molecule has 3 unspecified atom stereocenters. The maximum Gasteiger partial charge on any atom is 0.151 e. The molecule has 0 aliphatic carbocycles. The van der Waals surface area contributed by atoms with Crippen molar-refractivity contribution in [2.45, 2.75) is 58.5 Å². The number of sulfone groups is 1. The normalized spacial score (nSPS) is 27.8. The largest absolute Gasteiger partial charge is 0.310 e. The smallest absolute Gasteiger partial charge is 0.151 e. The van der Waals surface area contributed by atoms with Crippen molar-refractivity contribution in [3.63, 3.8) is 0 Å². The van der Waals surface area contributed by atoms with Crippen LogP contribution in [0.1, 0.15) is 46.5 Å². The van der Waals surface area contributed by atoms with Crippen molar-refractivity contribution < 1.29 is 8.42 Å². The van der Waals surface area contributed by atoms with E-state index in [0.29, 0.717) is 17.5 Å². The van der Waals surface area contributed by atoms with Crippen molar-refractivity contribution in [1.29, 1.82) is 0 Å². The van der Waals surface area contributed by atoms with Crippen LogP contribution in [-0.4, -0.2) is 32.0 Å². The summed E-state index contributed by atoms with van der Waals surface area (Å²) in [7, 11) is -2.75. The Bertz CT molecular complexity index is 300. The van der Waals surface area contributed by atoms with E-state index >= 15 is 0 Å². The minimum Gasteiger partial charge on any atom is -0.310 e. The molecule has 1 saturated heterocycles. The molecule has 1 rings (SSSR count). The van der Waals surface area contributed by atoms with Crippen molar-refractivity contribution in [2.24, 2.45) is 5.92 Å². The molecule has 1 fully saturated rings. The number of nitrogens with one attached hydrogen (secondary N) is 1. The van der Waals surface area contributed by atoms with E-state index in [9.17, 15) is 8.42 Å². The SMILES string of the molecule is CCC(C)CC(CC)NC1CCS(=O)(=O)C1. The first-order valence-corrected chi connectivity index (χ1v) is 8.25. The fourth-order valence-electron chi connectivity index (χ4n) is 2.26. The molecule has 1 N–H and O–H groups in total. The minimum atomic E-state index is -2.75. The maximum absolute atomic E-state index is 11.3. The average molecular weight is 247 g/mol. The fourth-order valence-corrected chi connectivity index (χ4v) is 3.95. The predicted octanol–water partition coefficient (Wildman–Crippen LogP) is 1.98. The molecule has 3 atom stereocenters. The molecule has 0 spiro atoms. The second-order valence-corrected chi connectivity index (χ2v) is 7.35. The Morgan fingerprint density at radius 2 is 2.00 bits per heavy atom. The van der Waals surface area contributed by atoms with Crippen LogP contribution in [0, 0.1) is 5.92 Å². The maximum atomic E-state index is 11.3. The molecule has 1 aliphatic rings. The molecule has 4 heteroatoms. The van der Waals surface area contributed by atoms with Gasteiger partial charge in [0.15, 0.2) is 9.84 Å². The molecule has 0 aromatic rings. The number of hydrogen-bond donors (Lipinski definition) is 1. The van der Waals surface area contributed by atoms with Gasteiger partial charge in [0.2, 0.25) is 0 Å². The monoisotopic (exact) mass is 247 g/mol. The standard InChI is InChI=1S/C12H25NO2S/c1-4-10(3)8-11(5-2)13-12-6-7-16(14,15)9-12/h10-13H,4-9H2,1-3H3. The van der Waals surface area contributed by atoms with Gasteiger partial charge in [-0.1, -0.05) is 27.2 Å². The first-order valence-electron chi connectivity index (χ1n) is 6.43. The average Bonchev–Trinajstić information content (AvgIpc) is 2.56. The molecular formula is C12H25NO2S. The Hall–Kier alpha value is -0.0900. The van der Waals surface area contributed by atoms with Gasteiger partial charge in [0.1, 0.15) is 0 Å². The first kappa shape index (κ1) is 14.0. The van der Waals surface area contributed by atoms with E-state index in [1.54, 1.807) is 0 Å². The van der Waals surface area contributed by atoms with Crippen LogP contribution in [0.25, 0.3) is 0 Å². The molecule has 1 aliphatic heterocycles. The Morgan fingerprint density at radius 3 is 2.44 bits per heavy atom. The highest BCUT2D eigenvalue weighted by molar-refractivity contribution is 7.91. The summed E-state index contributed by atoms with van der Waals surface area (Å²) in [6.07, 6.45) is 4.23. The number of rotatable bonds is 6. The summed E-state index contributed by atoms with van der Waals surface area (Å²) in [4.78, 5) is 0. The van der Waals surface area contributed by atoms with Crippen LogP contribution in [0.4, 0.5) is 0 Å². The molecular weight excluding hydrogens is 222 g/mol. The number of hydrogen-bond acceptors (Lipinski definition) is 3. The zero-order chi connectivity index (χ0) is 12.2. The fraction of sp³-hybridized carbons (Fsp3) is 1.00. The van der Waals surface area contributed by atoms with Gasteiger partial charge in [0.25, 0.3) is 0 Å². The summed E-state index contributed by atoms with van der Waals surface area (Å²) < 4.78 is 22.7. The third-order valence-electron chi connectivity index (χ3n) is 3.58. The van der Waals surface area contributed by atoms with Crippen LogP contribution in [0.3, 0.4) is 0 Å². The van der Waals surface area contributed by atoms with Crippen molar-refractivity contribution >= 4 is 9.84 Å². The van der Waals surface area contributed by atoms with Gasteiger partial charge < -0.3 is 5.32 Å². The van der Waals surface area contributed by atoms with E-state index in [-0.39, 0.29) is 6.04 Å². The van der Waals surface area contributed by atoms with Gasteiger partial charge in [-0.25, -0.2) is 8.42 Å². The summed E-state index contributed by atoms with van der Waals surface area (Å²) in [5, 5.41) is 3.51. The summed E-state index contributed by atoms with van der Waals surface area (Å²) in [6.45, 7) is 6.64. The zero-order valence-corrected chi connectivity index (χ0v) is 11.5. The topological polar surface area (TPSA) is 46.2 Å². The zero-order valence-electron chi connectivity index (χ0n) is 10.7. The van der Waals surface area contributed by atoms with Crippen LogP contribution in [-0.2, 0) is 9.84 Å². The Morgan fingerprint density at radius 1 is 1.31 bits per heavy atom. The van der Waals surface area contributed by atoms with E-state index in [2.05, 4.69) is 26.1 Å². The van der Waals surface area contributed by atoms with Gasteiger partial charge in [0, 0.05) is 12.1 Å². The second kappa shape index (κ2) is 6.01. The van der Waals surface area contributed by atoms with Gasteiger partial charge in [-0.05, 0) is 25.2 Å². The predicted molar refractivity (Wildman–Crippen MR) is 68.3 cm³/mol. The van der Waals surface area contributed by atoms with Gasteiger partial charge in [-0.2, -0.15) is 0 Å². The third-order valence-corrected chi connectivity index (χ3v) is 5.35. The molecule has 0 aromatic carbocycles. The van der Waals surface area contributed by atoms with E-state index in [1.165, 1.54) is 6.42 Å². The Kier molecular flexibility index (Phi) is 5.25. The molecule has 3 nitrogen and oxygen atoms in total. The molecule has 0 amide bonds. The highest BCUT2D eigenvalue weighted by atomic mass is 32.2. The summed E-state index contributed by atoms with van der Waals surface area (Å²) in [5.41, 5.74) is 0. The van der Waals surface area contributed by atoms with E-state index in [4.69, 9.17) is 0 Å². The van der Waals surface area contributed by atoms with Crippen LogP contribution < -0.4 is 5.32 Å². The Balaban J connectivity index is 2.39. The molecule has 1 heterocycles.